The van der Waals surface area contributed by atoms with Crippen molar-refractivity contribution in [3.8, 4) is 5.75 Å². The van der Waals surface area contributed by atoms with Crippen LogP contribution in [0.4, 0.5) is 0 Å². The summed E-state index contributed by atoms with van der Waals surface area (Å²) in [6.45, 7) is 5.48. The first-order valence-corrected chi connectivity index (χ1v) is 7.46. The summed E-state index contributed by atoms with van der Waals surface area (Å²) in [5.74, 6) is 0.659. The molecule has 1 aromatic carbocycles. The summed E-state index contributed by atoms with van der Waals surface area (Å²) < 4.78 is 6.39. The first-order valence-electron chi connectivity index (χ1n) is 6.27. The van der Waals surface area contributed by atoms with Crippen LogP contribution in [0.1, 0.15) is 22.2 Å². The molecule has 0 bridgehead atoms. The van der Waals surface area contributed by atoms with Crippen LogP contribution in [0.15, 0.2) is 49.1 Å². The number of para-hydroxylation sites is 1. The van der Waals surface area contributed by atoms with E-state index >= 15 is 0 Å². The highest BCUT2D eigenvalue weighted by Gasteiger charge is 2.19. The second-order valence-corrected chi connectivity index (χ2v) is 6.04. The van der Waals surface area contributed by atoms with Crippen molar-refractivity contribution in [2.75, 3.05) is 0 Å². The van der Waals surface area contributed by atoms with E-state index in [-0.39, 0.29) is 5.78 Å². The highest BCUT2D eigenvalue weighted by Crippen LogP contribution is 2.25. The molecule has 0 saturated carbocycles. The van der Waals surface area contributed by atoms with Gasteiger partial charge in [0.2, 0.25) is 5.78 Å². The number of hydrogen-bond donors (Lipinski definition) is 0. The van der Waals surface area contributed by atoms with Crippen LogP contribution in [0.3, 0.4) is 0 Å². The number of thiophene rings is 1. The van der Waals surface area contributed by atoms with Crippen LogP contribution in [-0.2, 0) is 6.42 Å². The second-order valence-electron chi connectivity index (χ2n) is 4.33. The first kappa shape index (κ1) is 14.8. The molecule has 20 heavy (non-hydrogen) atoms. The van der Waals surface area contributed by atoms with E-state index in [9.17, 15) is 4.79 Å². The van der Waals surface area contributed by atoms with Crippen molar-refractivity contribution in [3.05, 3.63) is 63.8 Å². The molecule has 0 aliphatic carbocycles. The normalized spacial score (nSPS) is 11.9. The molecule has 2 aromatic rings. The molecule has 0 N–H and O–H groups in total. The van der Waals surface area contributed by atoms with Crippen molar-refractivity contribution in [1.82, 2.24) is 0 Å². The summed E-state index contributed by atoms with van der Waals surface area (Å²) in [6, 6.07) is 11.1. The number of ether oxygens (including phenoxy) is 1. The molecule has 1 unspecified atom stereocenters. The van der Waals surface area contributed by atoms with Gasteiger partial charge < -0.3 is 4.74 Å². The van der Waals surface area contributed by atoms with Crippen LogP contribution in [0, 0.1) is 0 Å². The zero-order valence-corrected chi connectivity index (χ0v) is 12.7. The van der Waals surface area contributed by atoms with Gasteiger partial charge in [-0.25, -0.2) is 0 Å². The lowest BCUT2D eigenvalue weighted by molar-refractivity contribution is 0.0821. The number of benzene rings is 1. The Labute approximate surface area is 127 Å². The molecule has 2 rings (SSSR count). The fraction of sp³-hybridized carbons (Fsp3) is 0.188. The van der Waals surface area contributed by atoms with Gasteiger partial charge in [-0.2, -0.15) is 0 Å². The van der Waals surface area contributed by atoms with Gasteiger partial charge in [0.05, 0.1) is 9.21 Å². The van der Waals surface area contributed by atoms with E-state index < -0.39 is 6.10 Å². The molecule has 1 aromatic heterocycles. The van der Waals surface area contributed by atoms with E-state index in [0.29, 0.717) is 15.6 Å². The lowest BCUT2D eigenvalue weighted by Crippen LogP contribution is -2.23. The Balaban J connectivity index is 2.13. The van der Waals surface area contributed by atoms with Crippen LogP contribution in [0.25, 0.3) is 0 Å². The molecule has 0 fully saturated rings. The molecule has 0 radical (unpaired) electrons. The van der Waals surface area contributed by atoms with Gasteiger partial charge >= 0.3 is 0 Å². The monoisotopic (exact) mass is 306 g/mol. The topological polar surface area (TPSA) is 26.3 Å². The molecule has 0 aliphatic rings. The maximum atomic E-state index is 12.2. The Kier molecular flexibility index (Phi) is 4.99. The van der Waals surface area contributed by atoms with Gasteiger partial charge in [-0.1, -0.05) is 35.9 Å². The van der Waals surface area contributed by atoms with Crippen LogP contribution < -0.4 is 4.74 Å². The molecule has 104 valence electrons. The Morgan fingerprint density at radius 3 is 2.80 bits per heavy atom. The van der Waals surface area contributed by atoms with Crippen molar-refractivity contribution < 1.29 is 9.53 Å². The molecule has 0 amide bonds. The third kappa shape index (κ3) is 3.50. The van der Waals surface area contributed by atoms with E-state index in [2.05, 4.69) is 6.58 Å². The summed E-state index contributed by atoms with van der Waals surface area (Å²) in [6.07, 6.45) is 1.98. The maximum Gasteiger partial charge on any atom is 0.212 e. The largest absolute Gasteiger partial charge is 0.482 e. The van der Waals surface area contributed by atoms with Gasteiger partial charge in [-0.3, -0.25) is 4.79 Å². The summed E-state index contributed by atoms with van der Waals surface area (Å²) >= 11 is 7.12. The number of carbonyl (C=O) groups is 1. The Hall–Kier alpha value is -1.58. The van der Waals surface area contributed by atoms with Gasteiger partial charge in [0.1, 0.15) is 5.75 Å². The molecule has 1 heterocycles. The number of hydrogen-bond acceptors (Lipinski definition) is 3. The summed E-state index contributed by atoms with van der Waals surface area (Å²) in [5.41, 5.74) is 1.02. The fourth-order valence-electron chi connectivity index (χ4n) is 1.83. The smallest absolute Gasteiger partial charge is 0.212 e. The molecule has 0 aliphatic heterocycles. The van der Waals surface area contributed by atoms with E-state index in [1.54, 1.807) is 19.1 Å². The molecule has 0 spiro atoms. The summed E-state index contributed by atoms with van der Waals surface area (Å²) in [4.78, 5) is 12.9. The molecule has 1 atom stereocenters. The number of rotatable bonds is 6. The van der Waals surface area contributed by atoms with Gasteiger partial charge in [0.15, 0.2) is 6.10 Å². The zero-order valence-electron chi connectivity index (χ0n) is 11.1. The van der Waals surface area contributed by atoms with E-state index in [4.69, 9.17) is 16.3 Å². The van der Waals surface area contributed by atoms with Gasteiger partial charge in [0.25, 0.3) is 0 Å². The molecular weight excluding hydrogens is 292 g/mol. The lowest BCUT2D eigenvalue weighted by Gasteiger charge is -2.15. The minimum Gasteiger partial charge on any atom is -0.482 e. The Morgan fingerprint density at radius 1 is 1.40 bits per heavy atom. The lowest BCUT2D eigenvalue weighted by atomic mass is 10.1. The Morgan fingerprint density at radius 2 is 2.15 bits per heavy atom. The number of allylic oxidation sites excluding steroid dienone is 1. The quantitative estimate of drug-likeness (QED) is 0.567. The maximum absolute atomic E-state index is 12.2. The minimum absolute atomic E-state index is 0.0599. The van der Waals surface area contributed by atoms with Crippen molar-refractivity contribution in [2.24, 2.45) is 0 Å². The average molecular weight is 307 g/mol. The highest BCUT2D eigenvalue weighted by atomic mass is 35.5. The van der Waals surface area contributed by atoms with Crippen molar-refractivity contribution in [3.63, 3.8) is 0 Å². The third-order valence-corrected chi connectivity index (χ3v) is 4.07. The number of halogens is 1. The van der Waals surface area contributed by atoms with E-state index in [1.165, 1.54) is 11.3 Å². The fourth-order valence-corrected chi connectivity index (χ4v) is 2.90. The van der Waals surface area contributed by atoms with Crippen LogP contribution in [0.2, 0.25) is 4.34 Å². The zero-order chi connectivity index (χ0) is 14.5. The standard InChI is InChI=1S/C16H15ClO2S/c1-3-6-12-7-4-5-8-13(12)19-11(2)16(18)14-9-10-15(17)20-14/h3-5,7-11H,1,6H2,2H3. The van der Waals surface area contributed by atoms with E-state index in [1.807, 2.05) is 30.3 Å². The third-order valence-electron chi connectivity index (χ3n) is 2.83. The van der Waals surface area contributed by atoms with Crippen LogP contribution >= 0.6 is 22.9 Å². The SMILES string of the molecule is C=CCc1ccccc1OC(C)C(=O)c1ccc(Cl)s1. The summed E-state index contributed by atoms with van der Waals surface area (Å²) in [5, 5.41) is 0. The van der Waals surface area contributed by atoms with Crippen molar-refractivity contribution in [2.45, 2.75) is 19.4 Å². The average Bonchev–Trinajstić information content (AvgIpc) is 2.87. The van der Waals surface area contributed by atoms with Crippen LogP contribution in [-0.4, -0.2) is 11.9 Å². The van der Waals surface area contributed by atoms with Gasteiger partial charge in [-0.15, -0.1) is 17.9 Å². The molecule has 2 nitrogen and oxygen atoms in total. The van der Waals surface area contributed by atoms with E-state index in [0.717, 1.165) is 11.3 Å². The summed E-state index contributed by atoms with van der Waals surface area (Å²) in [7, 11) is 0. The predicted octanol–water partition coefficient (Wildman–Crippen LogP) is 4.78. The van der Waals surface area contributed by atoms with Crippen LogP contribution in [0.5, 0.6) is 5.75 Å². The number of carbonyl (C=O) groups excluding carboxylic acids is 1. The van der Waals surface area contributed by atoms with Crippen molar-refractivity contribution in [1.29, 1.82) is 0 Å². The number of Topliss-reactive ketones (excluding diaryl/α,β-unsaturated/α-hetero) is 1. The molecule has 0 saturated heterocycles. The molecule has 4 heteroatoms. The molecular formula is C16H15ClO2S. The predicted molar refractivity (Wildman–Crippen MR) is 84.1 cm³/mol. The highest BCUT2D eigenvalue weighted by molar-refractivity contribution is 7.18. The minimum atomic E-state index is -0.546. The second kappa shape index (κ2) is 6.73. The van der Waals surface area contributed by atoms with Gasteiger partial charge in [-0.05, 0) is 37.1 Å². The number of ketones is 1. The Bertz CT molecular complexity index is 618. The van der Waals surface area contributed by atoms with Gasteiger partial charge in [0, 0.05) is 0 Å². The first-order chi connectivity index (χ1) is 9.61. The van der Waals surface area contributed by atoms with Crippen molar-refractivity contribution >= 4 is 28.7 Å².